The lowest BCUT2D eigenvalue weighted by Crippen LogP contribution is -2.57. The molecule has 0 aromatic heterocycles. The lowest BCUT2D eigenvalue weighted by atomic mass is 10.1. The van der Waals surface area contributed by atoms with Crippen molar-refractivity contribution in [3.05, 3.63) is 23.8 Å². The molecule has 1 heterocycles. The standard InChI is InChI=1S/C14H17N3O4/c1-3-21-14(20)10-6-9(15)4-5-11(10)17-7-12(18)16-13(19)8(17)2/h4-6,8H,3,7,15H2,1-2H3,(H,16,18,19). The van der Waals surface area contributed by atoms with E-state index in [1.165, 1.54) is 6.07 Å². The van der Waals surface area contributed by atoms with Crippen LogP contribution < -0.4 is 16.0 Å². The van der Waals surface area contributed by atoms with E-state index in [1.54, 1.807) is 30.9 Å². The highest BCUT2D eigenvalue weighted by Gasteiger charge is 2.32. The molecule has 7 heteroatoms. The maximum atomic E-state index is 12.0. The zero-order valence-corrected chi connectivity index (χ0v) is 11.9. The number of anilines is 2. The number of imide groups is 1. The number of esters is 1. The van der Waals surface area contributed by atoms with Crippen LogP contribution in [0.15, 0.2) is 18.2 Å². The predicted octanol–water partition coefficient (Wildman–Crippen LogP) is 0.297. The van der Waals surface area contributed by atoms with Gasteiger partial charge in [0.05, 0.1) is 24.4 Å². The molecule has 1 unspecified atom stereocenters. The van der Waals surface area contributed by atoms with Crippen molar-refractivity contribution in [2.24, 2.45) is 0 Å². The number of rotatable bonds is 3. The van der Waals surface area contributed by atoms with E-state index < -0.39 is 23.8 Å². The minimum atomic E-state index is -0.570. The lowest BCUT2D eigenvalue weighted by Gasteiger charge is -2.34. The summed E-state index contributed by atoms with van der Waals surface area (Å²) < 4.78 is 5.00. The van der Waals surface area contributed by atoms with Crippen LogP contribution in [0.4, 0.5) is 11.4 Å². The molecule has 0 radical (unpaired) electrons. The van der Waals surface area contributed by atoms with Crippen molar-refractivity contribution in [1.29, 1.82) is 0 Å². The second-order valence-corrected chi connectivity index (χ2v) is 4.71. The van der Waals surface area contributed by atoms with E-state index in [1.807, 2.05) is 0 Å². The summed E-state index contributed by atoms with van der Waals surface area (Å²) >= 11 is 0. The third-order valence-corrected chi connectivity index (χ3v) is 3.25. The van der Waals surface area contributed by atoms with Gasteiger partial charge in [-0.2, -0.15) is 0 Å². The molecule has 21 heavy (non-hydrogen) atoms. The number of nitrogens with zero attached hydrogens (tertiary/aromatic N) is 1. The summed E-state index contributed by atoms with van der Waals surface area (Å²) in [5.41, 5.74) is 6.81. The molecule has 1 aliphatic heterocycles. The van der Waals surface area contributed by atoms with Crippen LogP contribution in [0.1, 0.15) is 24.2 Å². The first-order chi connectivity index (χ1) is 9.93. The number of amides is 2. The van der Waals surface area contributed by atoms with Crippen molar-refractivity contribution >= 4 is 29.2 Å². The molecule has 0 aliphatic carbocycles. The Labute approximate surface area is 122 Å². The highest BCUT2D eigenvalue weighted by molar-refractivity contribution is 6.06. The zero-order chi connectivity index (χ0) is 15.6. The van der Waals surface area contributed by atoms with E-state index in [0.29, 0.717) is 11.4 Å². The molecule has 1 aromatic carbocycles. The quantitative estimate of drug-likeness (QED) is 0.472. The van der Waals surface area contributed by atoms with Gasteiger partial charge >= 0.3 is 5.97 Å². The van der Waals surface area contributed by atoms with Crippen LogP contribution in [0.3, 0.4) is 0 Å². The van der Waals surface area contributed by atoms with Gasteiger partial charge in [0.2, 0.25) is 11.8 Å². The summed E-state index contributed by atoms with van der Waals surface area (Å²) in [5.74, 6) is -1.35. The smallest absolute Gasteiger partial charge is 0.340 e. The molecular formula is C14H17N3O4. The molecule has 1 aromatic rings. The fraction of sp³-hybridized carbons (Fsp3) is 0.357. The maximum Gasteiger partial charge on any atom is 0.340 e. The number of nitrogens with two attached hydrogens (primary N) is 1. The van der Waals surface area contributed by atoms with Crippen LogP contribution in [-0.4, -0.2) is 37.0 Å². The zero-order valence-electron chi connectivity index (χ0n) is 11.9. The molecule has 7 nitrogen and oxygen atoms in total. The average molecular weight is 291 g/mol. The summed E-state index contributed by atoms with van der Waals surface area (Å²) in [6.45, 7) is 3.57. The molecule has 0 saturated carbocycles. The Kier molecular flexibility index (Phi) is 4.11. The molecule has 1 saturated heterocycles. The van der Waals surface area contributed by atoms with Gasteiger partial charge < -0.3 is 15.4 Å². The first kappa shape index (κ1) is 14.8. The van der Waals surface area contributed by atoms with E-state index >= 15 is 0 Å². The maximum absolute atomic E-state index is 12.0. The minimum absolute atomic E-state index is 0.0107. The van der Waals surface area contributed by atoms with Crippen molar-refractivity contribution in [2.75, 3.05) is 23.8 Å². The SMILES string of the molecule is CCOC(=O)c1cc(N)ccc1N1CC(=O)NC(=O)C1C. The topological polar surface area (TPSA) is 102 Å². The fourth-order valence-corrected chi connectivity index (χ4v) is 2.18. The first-order valence-corrected chi connectivity index (χ1v) is 6.61. The summed E-state index contributed by atoms with van der Waals surface area (Å²) in [6.07, 6.45) is 0. The van der Waals surface area contributed by atoms with Crippen LogP contribution in [0, 0.1) is 0 Å². The number of benzene rings is 1. The normalized spacial score (nSPS) is 18.4. The van der Waals surface area contributed by atoms with Crippen molar-refractivity contribution in [2.45, 2.75) is 19.9 Å². The van der Waals surface area contributed by atoms with Gasteiger partial charge in [0.25, 0.3) is 0 Å². The van der Waals surface area contributed by atoms with Gasteiger partial charge in [-0.1, -0.05) is 0 Å². The third-order valence-electron chi connectivity index (χ3n) is 3.25. The van der Waals surface area contributed by atoms with E-state index in [4.69, 9.17) is 10.5 Å². The summed E-state index contributed by atoms with van der Waals surface area (Å²) in [7, 11) is 0. The molecule has 1 fully saturated rings. The number of ether oxygens (including phenoxy) is 1. The van der Waals surface area contributed by atoms with Gasteiger partial charge in [0.15, 0.2) is 0 Å². The number of carbonyl (C=O) groups excluding carboxylic acids is 3. The van der Waals surface area contributed by atoms with Crippen molar-refractivity contribution in [3.63, 3.8) is 0 Å². The van der Waals surface area contributed by atoms with Gasteiger partial charge in [-0.25, -0.2) is 4.79 Å². The minimum Gasteiger partial charge on any atom is -0.462 e. The Morgan fingerprint density at radius 2 is 2.19 bits per heavy atom. The Morgan fingerprint density at radius 3 is 2.86 bits per heavy atom. The van der Waals surface area contributed by atoms with Crippen LogP contribution in [0.5, 0.6) is 0 Å². The van der Waals surface area contributed by atoms with Gasteiger partial charge in [-0.15, -0.1) is 0 Å². The van der Waals surface area contributed by atoms with Crippen molar-refractivity contribution in [1.82, 2.24) is 5.32 Å². The van der Waals surface area contributed by atoms with Crippen LogP contribution in [0.25, 0.3) is 0 Å². The number of nitrogens with one attached hydrogen (secondary N) is 1. The molecule has 2 rings (SSSR count). The second-order valence-electron chi connectivity index (χ2n) is 4.71. The number of hydrogen-bond donors (Lipinski definition) is 2. The Bertz CT molecular complexity index is 600. The molecule has 2 amide bonds. The number of piperazine rings is 1. The Morgan fingerprint density at radius 1 is 1.48 bits per heavy atom. The van der Waals surface area contributed by atoms with Gasteiger partial charge in [-0.3, -0.25) is 14.9 Å². The molecule has 1 aliphatic rings. The molecular weight excluding hydrogens is 274 g/mol. The fourth-order valence-electron chi connectivity index (χ4n) is 2.18. The van der Waals surface area contributed by atoms with E-state index in [0.717, 1.165) is 0 Å². The summed E-state index contributed by atoms with van der Waals surface area (Å²) in [4.78, 5) is 36.9. The van der Waals surface area contributed by atoms with Crippen LogP contribution >= 0.6 is 0 Å². The summed E-state index contributed by atoms with van der Waals surface area (Å²) in [5, 5.41) is 2.25. The van der Waals surface area contributed by atoms with Crippen LogP contribution in [0.2, 0.25) is 0 Å². The van der Waals surface area contributed by atoms with E-state index in [-0.39, 0.29) is 18.7 Å². The molecule has 112 valence electrons. The molecule has 0 bridgehead atoms. The molecule has 0 spiro atoms. The van der Waals surface area contributed by atoms with Crippen molar-refractivity contribution < 1.29 is 19.1 Å². The highest BCUT2D eigenvalue weighted by atomic mass is 16.5. The summed E-state index contributed by atoms with van der Waals surface area (Å²) in [6, 6.07) is 4.14. The monoisotopic (exact) mass is 291 g/mol. The Hall–Kier alpha value is -2.57. The largest absolute Gasteiger partial charge is 0.462 e. The molecule has 1 atom stereocenters. The number of nitrogen functional groups attached to an aromatic ring is 1. The number of hydrogen-bond acceptors (Lipinski definition) is 6. The predicted molar refractivity (Wildman–Crippen MR) is 76.8 cm³/mol. The first-order valence-electron chi connectivity index (χ1n) is 6.61. The highest BCUT2D eigenvalue weighted by Crippen LogP contribution is 2.27. The Balaban J connectivity index is 2.44. The average Bonchev–Trinajstić information content (AvgIpc) is 2.43. The van der Waals surface area contributed by atoms with Gasteiger partial charge in [-0.05, 0) is 32.0 Å². The van der Waals surface area contributed by atoms with Gasteiger partial charge in [0.1, 0.15) is 6.04 Å². The second kappa shape index (κ2) is 5.82. The third kappa shape index (κ3) is 2.96. The van der Waals surface area contributed by atoms with E-state index in [2.05, 4.69) is 5.32 Å². The van der Waals surface area contributed by atoms with Crippen LogP contribution in [-0.2, 0) is 14.3 Å². The van der Waals surface area contributed by atoms with Crippen molar-refractivity contribution in [3.8, 4) is 0 Å². The van der Waals surface area contributed by atoms with Gasteiger partial charge in [0, 0.05) is 5.69 Å². The number of carbonyl (C=O) groups is 3. The lowest BCUT2D eigenvalue weighted by molar-refractivity contribution is -0.132. The van der Waals surface area contributed by atoms with E-state index in [9.17, 15) is 14.4 Å². The molecule has 3 N–H and O–H groups in total.